The Morgan fingerprint density at radius 1 is 0.640 bits per heavy atom. The number of nitrogens with one attached hydrogen (secondary N) is 2. The number of aromatic nitrogens is 4. The molecule has 4 spiro atoms. The van der Waals surface area contributed by atoms with E-state index in [2.05, 4.69) is 58.3 Å². The number of pyridine rings is 4. The summed E-state index contributed by atoms with van der Waals surface area (Å²) in [5.74, 6) is -7.67. The largest absolute Gasteiger partial charge is 0.481 e. The van der Waals surface area contributed by atoms with Gasteiger partial charge in [0.2, 0.25) is 23.6 Å². The van der Waals surface area contributed by atoms with Gasteiger partial charge in [0, 0.05) is 77.5 Å². The number of amides is 4. The fraction of sp³-hybridized carbons (Fsp3) is 0.574. The van der Waals surface area contributed by atoms with Crippen LogP contribution >= 0.6 is 58.8 Å². The summed E-state index contributed by atoms with van der Waals surface area (Å²) in [6, 6.07) is 6.28. The Morgan fingerprint density at radius 2 is 1.06 bits per heavy atom. The number of ether oxygens (including phenoxy) is 2. The number of hydrogen-bond acceptors (Lipinski definition) is 13. The number of halogens is 7. The second-order valence-electron chi connectivity index (χ2n) is 26.3. The van der Waals surface area contributed by atoms with Gasteiger partial charge in [0.15, 0.2) is 21.9 Å². The van der Waals surface area contributed by atoms with E-state index in [9.17, 15) is 33.9 Å². The number of carboxylic acids is 1. The van der Waals surface area contributed by atoms with Gasteiger partial charge in [-0.15, -0.1) is 12.4 Å². The SMILES string of the molecule is CC1(C)CCC2(CC1)C[C@@H](C(=O)C[C@@H]1CC[C@@H](C(N)=O)OC1)[C@H](c1ccnc(Cl)c1F)[C@]21C(=O)Nc2cc(Cl)ncc21.CC1(C)CCC2(CC1)C[C@@H](C(=O)O)[C@H](c1ccnc(Cl)c1F)[C@@]21C(=O)Nc2cc(Cl)ncc21.Cl.NC(=O)[C@@H]1CC[C@@H](N)CO1. The zero-order valence-electron chi connectivity index (χ0n) is 48.2. The number of anilines is 2. The molecule has 86 heavy (non-hydrogen) atoms. The average molecular weight is 1290 g/mol. The number of hydrogen-bond donors (Lipinski definition) is 6. The minimum absolute atomic E-state index is 0. The zero-order chi connectivity index (χ0) is 61.3. The first kappa shape index (κ1) is 65.3. The second kappa shape index (κ2) is 24.6. The lowest BCUT2D eigenvalue weighted by molar-refractivity contribution is -0.142. The molecule has 4 amide bonds. The van der Waals surface area contributed by atoms with Crippen LogP contribution in [0.3, 0.4) is 0 Å². The van der Waals surface area contributed by atoms with Gasteiger partial charge in [0.25, 0.3) is 0 Å². The molecule has 8 heterocycles. The molecule has 8 aliphatic rings. The molecular weight excluding hydrogens is 1220 g/mol. The molecule has 4 aromatic rings. The number of carboxylic acid groups (broad SMARTS) is 1. The molecule has 4 aromatic heterocycles. The first-order valence-corrected chi connectivity index (χ1v) is 30.5. The van der Waals surface area contributed by atoms with Crippen molar-refractivity contribution in [3.63, 3.8) is 0 Å². The van der Waals surface area contributed by atoms with Crippen LogP contribution in [-0.4, -0.2) is 91.9 Å². The molecule has 10 atom stereocenters. The van der Waals surface area contributed by atoms with Gasteiger partial charge >= 0.3 is 5.97 Å². The van der Waals surface area contributed by atoms with Crippen molar-refractivity contribution in [2.75, 3.05) is 23.8 Å². The van der Waals surface area contributed by atoms with Crippen molar-refractivity contribution in [2.45, 2.75) is 165 Å². The summed E-state index contributed by atoms with van der Waals surface area (Å²) in [6.45, 7) is 9.49. The Labute approximate surface area is 523 Å². The molecule has 6 fully saturated rings. The summed E-state index contributed by atoms with van der Waals surface area (Å²) in [5.41, 5.74) is 14.8. The first-order chi connectivity index (χ1) is 40.1. The summed E-state index contributed by atoms with van der Waals surface area (Å²) in [4.78, 5) is 94.0. The van der Waals surface area contributed by atoms with Crippen LogP contribution in [0.4, 0.5) is 20.2 Å². The van der Waals surface area contributed by atoms with E-state index in [0.29, 0.717) is 80.5 Å². The fourth-order valence-electron chi connectivity index (χ4n) is 16.1. The van der Waals surface area contributed by atoms with Crippen LogP contribution in [0.25, 0.3) is 0 Å². The number of carbonyl (C=O) groups is 6. The van der Waals surface area contributed by atoms with Crippen LogP contribution in [0.2, 0.25) is 20.6 Å². The monoisotopic (exact) mass is 1290 g/mol. The van der Waals surface area contributed by atoms with Crippen LogP contribution in [0.5, 0.6) is 0 Å². The smallest absolute Gasteiger partial charge is 0.307 e. The van der Waals surface area contributed by atoms with Crippen molar-refractivity contribution in [1.82, 2.24) is 19.9 Å². The fourth-order valence-corrected chi connectivity index (χ4v) is 16.8. The Kier molecular flexibility index (Phi) is 18.7. The maximum atomic E-state index is 16.0. The number of ketones is 1. The van der Waals surface area contributed by atoms with E-state index in [1.54, 1.807) is 30.6 Å². The van der Waals surface area contributed by atoms with E-state index < -0.39 is 81.1 Å². The minimum atomic E-state index is -1.31. The minimum Gasteiger partial charge on any atom is -0.481 e. The number of nitrogens with two attached hydrogens (primary N) is 3. The Bertz CT molecular complexity index is 3330. The summed E-state index contributed by atoms with van der Waals surface area (Å²) in [6.07, 6.45) is 14.4. The van der Waals surface area contributed by atoms with Crippen molar-refractivity contribution >= 4 is 106 Å². The third kappa shape index (κ3) is 11.4. The van der Waals surface area contributed by atoms with E-state index in [1.165, 1.54) is 18.5 Å². The lowest BCUT2D eigenvalue weighted by atomic mass is 9.51. The number of aliphatic carboxylic acids is 1. The number of Topliss-reactive ketones (excluding diaryl/α,β-unsaturated/α-hetero) is 1. The molecule has 0 aromatic carbocycles. The molecule has 18 nitrogen and oxygen atoms in total. The van der Waals surface area contributed by atoms with Crippen molar-refractivity contribution in [3.05, 3.63) is 104 Å². The predicted molar refractivity (Wildman–Crippen MR) is 321 cm³/mol. The first-order valence-electron chi connectivity index (χ1n) is 29.0. The van der Waals surface area contributed by atoms with Crippen molar-refractivity contribution in [1.29, 1.82) is 0 Å². The highest BCUT2D eigenvalue weighted by Gasteiger charge is 2.74. The number of nitrogens with zero attached hydrogens (tertiary/aromatic N) is 4. The summed E-state index contributed by atoms with van der Waals surface area (Å²) < 4.78 is 42.1. The second-order valence-corrected chi connectivity index (χ2v) is 27.8. The van der Waals surface area contributed by atoms with Gasteiger partial charge in [-0.05, 0) is 153 Å². The molecule has 0 radical (unpaired) electrons. The van der Waals surface area contributed by atoms with Gasteiger partial charge in [-0.1, -0.05) is 74.1 Å². The van der Waals surface area contributed by atoms with Gasteiger partial charge < -0.3 is 42.4 Å². The molecule has 0 bridgehead atoms. The third-order valence-corrected chi connectivity index (χ3v) is 21.5. The highest BCUT2D eigenvalue weighted by atomic mass is 35.5. The van der Waals surface area contributed by atoms with Gasteiger partial charge in [0.1, 0.15) is 28.3 Å². The maximum absolute atomic E-state index is 16.0. The molecule has 9 N–H and O–H groups in total. The normalized spacial score (nSPS) is 30.4. The molecule has 12 rings (SSSR count). The molecule has 464 valence electrons. The van der Waals surface area contributed by atoms with E-state index in [-0.39, 0.29) is 110 Å². The molecule has 2 saturated heterocycles. The standard InChI is InChI=1S/C31H35Cl2FN4O4.C24H24Cl2FN3O3.C6H12N2O2.ClH/c1-29(2)6-8-30(9-7-29)13-18(21(39)11-16-3-4-22(27(35)40)42-15-16)24(17-5-10-36-26(33)25(17)34)31(30)19-14-37-23(32)12-20(19)38-28(31)41;1-22(2)4-6-23(7-5-22)10-13(20(31)32)17(12-3-8-28-19(26)18(12)27)24(23)14-11-29-16(25)9-15(14)30-21(24)33;7-4-1-2-5(6(8)9)10-3-4;/h5,10,12,14,16,18,22,24H,3-4,6-9,11,13,15H2,1-2H3,(H2,35,40)(H,38,41);3,8-9,11,13,17H,4-7,10H2,1-2H3,(H,30,33)(H,31,32);4-5H,1-3,7H2,(H2,8,9);1H/t16-,18-,22-,24-,31+;13-,17+,24+;4-,5+;/m011./s1. The number of fused-ring (bicyclic) bond motifs is 6. The van der Waals surface area contributed by atoms with Gasteiger partial charge in [-0.25, -0.2) is 28.7 Å². The third-order valence-electron chi connectivity index (χ3n) is 20.5. The van der Waals surface area contributed by atoms with E-state index >= 15 is 8.78 Å². The Hall–Kier alpha value is -5.19. The highest BCUT2D eigenvalue weighted by Crippen LogP contribution is 2.74. The van der Waals surface area contributed by atoms with Crippen LogP contribution < -0.4 is 27.8 Å². The molecule has 0 unspecified atom stereocenters. The predicted octanol–water partition coefficient (Wildman–Crippen LogP) is 10.7. The lowest BCUT2D eigenvalue weighted by Gasteiger charge is -2.50. The van der Waals surface area contributed by atoms with E-state index in [0.717, 1.165) is 32.1 Å². The van der Waals surface area contributed by atoms with E-state index in [1.807, 2.05) is 0 Å². The number of primary amides is 2. The molecular formula is C61H72Cl5F2N9O9. The van der Waals surface area contributed by atoms with Crippen LogP contribution in [0.1, 0.15) is 158 Å². The summed E-state index contributed by atoms with van der Waals surface area (Å²) in [7, 11) is 0. The molecule has 4 aliphatic carbocycles. The summed E-state index contributed by atoms with van der Waals surface area (Å²) in [5, 5.41) is 16.1. The van der Waals surface area contributed by atoms with Crippen molar-refractivity contribution in [3.8, 4) is 0 Å². The van der Waals surface area contributed by atoms with Gasteiger partial charge in [-0.2, -0.15) is 0 Å². The lowest BCUT2D eigenvalue weighted by Crippen LogP contribution is -2.52. The Balaban J connectivity index is 0.000000178. The van der Waals surface area contributed by atoms with E-state index in [4.69, 9.17) is 73.1 Å². The van der Waals surface area contributed by atoms with Crippen LogP contribution in [0, 0.1) is 51.0 Å². The van der Waals surface area contributed by atoms with Gasteiger partial charge in [-0.3, -0.25) is 28.8 Å². The number of carbonyl (C=O) groups excluding carboxylic acids is 5. The maximum Gasteiger partial charge on any atom is 0.307 e. The topological polar surface area (TPSA) is 295 Å². The zero-order valence-corrected chi connectivity index (χ0v) is 52.0. The Morgan fingerprint density at radius 3 is 1.45 bits per heavy atom. The molecule has 4 saturated carbocycles. The van der Waals surface area contributed by atoms with Gasteiger partial charge in [0.05, 0.1) is 30.0 Å². The van der Waals surface area contributed by atoms with Crippen LogP contribution in [0.15, 0.2) is 49.1 Å². The average Bonchev–Trinajstić information content (AvgIpc) is 1.53. The van der Waals surface area contributed by atoms with Crippen molar-refractivity contribution in [2.24, 2.45) is 56.6 Å². The summed E-state index contributed by atoms with van der Waals surface area (Å²) >= 11 is 24.6. The molecule has 4 aliphatic heterocycles. The van der Waals surface area contributed by atoms with Crippen LogP contribution in [-0.2, 0) is 49.1 Å². The van der Waals surface area contributed by atoms with Crippen molar-refractivity contribution < 1.29 is 52.1 Å². The highest BCUT2D eigenvalue weighted by molar-refractivity contribution is 6.31. The quantitative estimate of drug-likeness (QED) is 0.0895. The number of rotatable bonds is 8. The molecule has 25 heteroatoms.